The number of fused-ring (bicyclic) bond motifs is 4. The highest BCUT2D eigenvalue weighted by molar-refractivity contribution is 5.08. The van der Waals surface area contributed by atoms with Crippen LogP contribution in [-0.4, -0.2) is 48.8 Å². The average Bonchev–Trinajstić information content (AvgIpc) is 2.73. The first-order chi connectivity index (χ1) is 6.35. The van der Waals surface area contributed by atoms with Crippen molar-refractivity contribution in [2.75, 3.05) is 32.8 Å². The van der Waals surface area contributed by atoms with Gasteiger partial charge in [0.05, 0.1) is 6.61 Å². The first-order valence-corrected chi connectivity index (χ1v) is 5.42. The van der Waals surface area contributed by atoms with Crippen LogP contribution in [0.25, 0.3) is 0 Å². The molecule has 0 aromatic carbocycles. The van der Waals surface area contributed by atoms with Crippen LogP contribution in [0.15, 0.2) is 0 Å². The Morgan fingerprint density at radius 3 is 3.23 bits per heavy atom. The van der Waals surface area contributed by atoms with E-state index in [0.717, 1.165) is 19.0 Å². The zero-order valence-corrected chi connectivity index (χ0v) is 8.00. The number of aliphatic hydroxyl groups is 1. The first-order valence-electron chi connectivity index (χ1n) is 5.42. The molecule has 0 radical (unpaired) electrons. The van der Waals surface area contributed by atoms with E-state index in [-0.39, 0.29) is 5.41 Å². The number of nitrogens with one attached hydrogen (secondary N) is 1. The molecule has 3 saturated heterocycles. The lowest BCUT2D eigenvalue weighted by molar-refractivity contribution is 0.0180. The van der Waals surface area contributed by atoms with E-state index >= 15 is 0 Å². The Kier molecular flexibility index (Phi) is 1.70. The van der Waals surface area contributed by atoms with Gasteiger partial charge < -0.3 is 15.3 Å². The van der Waals surface area contributed by atoms with Gasteiger partial charge in [-0.1, -0.05) is 0 Å². The third-order valence-corrected chi connectivity index (χ3v) is 4.50. The van der Waals surface area contributed by atoms with Crippen molar-refractivity contribution in [3.63, 3.8) is 0 Å². The van der Waals surface area contributed by atoms with E-state index in [0.29, 0.717) is 12.6 Å². The van der Waals surface area contributed by atoms with Crippen molar-refractivity contribution >= 4 is 0 Å². The standard InChI is InChI=1S/C10H18N2O/c13-7-10-2-3-11-9(10)6-12-4-1-8(10)5-12/h8-9,11,13H,1-7H2. The molecule has 0 aromatic rings. The van der Waals surface area contributed by atoms with Crippen LogP contribution in [0.1, 0.15) is 12.8 Å². The maximum absolute atomic E-state index is 9.61. The van der Waals surface area contributed by atoms with E-state index in [2.05, 4.69) is 10.2 Å². The summed E-state index contributed by atoms with van der Waals surface area (Å²) in [6.45, 7) is 5.15. The predicted molar refractivity (Wildman–Crippen MR) is 50.5 cm³/mol. The monoisotopic (exact) mass is 182 g/mol. The first kappa shape index (κ1) is 8.21. The molecule has 3 aliphatic heterocycles. The third kappa shape index (κ3) is 0.953. The maximum Gasteiger partial charge on any atom is 0.0506 e. The van der Waals surface area contributed by atoms with Crippen molar-refractivity contribution < 1.29 is 5.11 Å². The lowest BCUT2D eigenvalue weighted by Gasteiger charge is -2.43. The highest BCUT2D eigenvalue weighted by Gasteiger charge is 2.53. The number of hydrogen-bond donors (Lipinski definition) is 2. The number of aliphatic hydroxyl groups excluding tert-OH is 1. The summed E-state index contributed by atoms with van der Waals surface area (Å²) in [4.78, 5) is 2.54. The quantitative estimate of drug-likeness (QED) is 0.582. The Balaban J connectivity index is 1.94. The van der Waals surface area contributed by atoms with E-state index in [9.17, 15) is 5.11 Å². The van der Waals surface area contributed by atoms with Crippen molar-refractivity contribution in [2.45, 2.75) is 18.9 Å². The lowest BCUT2D eigenvalue weighted by atomic mass is 9.68. The summed E-state index contributed by atoms with van der Waals surface area (Å²) in [5.74, 6) is 0.756. The fraction of sp³-hybridized carbons (Fsp3) is 1.00. The highest BCUT2D eigenvalue weighted by atomic mass is 16.3. The summed E-state index contributed by atoms with van der Waals surface area (Å²) < 4.78 is 0. The van der Waals surface area contributed by atoms with Gasteiger partial charge in [0.1, 0.15) is 0 Å². The molecule has 0 amide bonds. The summed E-state index contributed by atoms with van der Waals surface area (Å²) in [5, 5.41) is 13.2. The fourth-order valence-corrected chi connectivity index (χ4v) is 3.64. The van der Waals surface area contributed by atoms with Crippen LogP contribution in [0.2, 0.25) is 0 Å². The molecule has 0 saturated carbocycles. The van der Waals surface area contributed by atoms with Gasteiger partial charge in [-0.25, -0.2) is 0 Å². The molecule has 0 spiro atoms. The molecule has 0 aromatic heterocycles. The van der Waals surface area contributed by atoms with Gasteiger partial charge in [0.25, 0.3) is 0 Å². The molecule has 3 heterocycles. The van der Waals surface area contributed by atoms with Gasteiger partial charge in [0.15, 0.2) is 0 Å². The Hall–Kier alpha value is -0.120. The molecule has 2 N–H and O–H groups in total. The van der Waals surface area contributed by atoms with Crippen molar-refractivity contribution in [1.29, 1.82) is 0 Å². The van der Waals surface area contributed by atoms with Crippen molar-refractivity contribution in [2.24, 2.45) is 11.3 Å². The molecule has 4 unspecified atom stereocenters. The second-order valence-corrected chi connectivity index (χ2v) is 4.89. The molecule has 2 bridgehead atoms. The molecule has 74 valence electrons. The second kappa shape index (κ2) is 2.69. The van der Waals surface area contributed by atoms with Gasteiger partial charge in [0.2, 0.25) is 0 Å². The average molecular weight is 182 g/mol. The minimum Gasteiger partial charge on any atom is -0.396 e. The number of hydrogen-bond acceptors (Lipinski definition) is 3. The number of rotatable bonds is 1. The topological polar surface area (TPSA) is 35.5 Å². The highest BCUT2D eigenvalue weighted by Crippen LogP contribution is 2.46. The van der Waals surface area contributed by atoms with E-state index in [1.54, 1.807) is 0 Å². The van der Waals surface area contributed by atoms with Crippen LogP contribution >= 0.6 is 0 Å². The largest absolute Gasteiger partial charge is 0.396 e. The molecule has 3 rings (SSSR count). The van der Waals surface area contributed by atoms with Crippen molar-refractivity contribution in [1.82, 2.24) is 10.2 Å². The van der Waals surface area contributed by atoms with Gasteiger partial charge in [-0.05, 0) is 31.8 Å². The van der Waals surface area contributed by atoms with Gasteiger partial charge >= 0.3 is 0 Å². The van der Waals surface area contributed by atoms with Crippen LogP contribution in [0, 0.1) is 11.3 Å². The Morgan fingerprint density at radius 1 is 1.46 bits per heavy atom. The third-order valence-electron chi connectivity index (χ3n) is 4.50. The summed E-state index contributed by atoms with van der Waals surface area (Å²) in [5.41, 5.74) is 0.243. The van der Waals surface area contributed by atoms with E-state index in [1.165, 1.54) is 25.9 Å². The summed E-state index contributed by atoms with van der Waals surface area (Å²) in [7, 11) is 0. The molecule has 3 heteroatoms. The zero-order chi connectivity index (χ0) is 8.89. The molecular weight excluding hydrogens is 164 g/mol. The van der Waals surface area contributed by atoms with Crippen LogP contribution in [0.3, 0.4) is 0 Å². The molecule has 3 nitrogen and oxygen atoms in total. The number of nitrogens with zero attached hydrogens (tertiary/aromatic N) is 1. The lowest BCUT2D eigenvalue weighted by Crippen LogP contribution is -2.54. The maximum atomic E-state index is 9.61. The Bertz CT molecular complexity index is 217. The van der Waals surface area contributed by atoms with E-state index in [4.69, 9.17) is 0 Å². The van der Waals surface area contributed by atoms with Gasteiger partial charge in [-0.3, -0.25) is 0 Å². The zero-order valence-electron chi connectivity index (χ0n) is 8.00. The smallest absolute Gasteiger partial charge is 0.0506 e. The van der Waals surface area contributed by atoms with E-state index in [1.807, 2.05) is 0 Å². The van der Waals surface area contributed by atoms with Crippen LogP contribution in [0.5, 0.6) is 0 Å². The van der Waals surface area contributed by atoms with E-state index < -0.39 is 0 Å². The summed E-state index contributed by atoms with van der Waals surface area (Å²) >= 11 is 0. The molecule has 3 aliphatic rings. The van der Waals surface area contributed by atoms with Gasteiger partial charge in [0, 0.05) is 24.5 Å². The summed E-state index contributed by atoms with van der Waals surface area (Å²) in [6.07, 6.45) is 2.49. The Morgan fingerprint density at radius 2 is 2.38 bits per heavy atom. The minimum absolute atomic E-state index is 0.243. The normalized spacial score (nSPS) is 53.8. The fourth-order valence-electron chi connectivity index (χ4n) is 3.64. The molecule has 0 aliphatic carbocycles. The van der Waals surface area contributed by atoms with Crippen LogP contribution in [0.4, 0.5) is 0 Å². The second-order valence-electron chi connectivity index (χ2n) is 4.89. The summed E-state index contributed by atoms with van der Waals surface area (Å²) in [6, 6.07) is 0.568. The minimum atomic E-state index is 0.243. The molecule has 3 fully saturated rings. The molecule has 13 heavy (non-hydrogen) atoms. The molecular formula is C10H18N2O. The predicted octanol–water partition coefficient (Wildman–Crippen LogP) is -0.337. The number of piperidine rings is 1. The van der Waals surface area contributed by atoms with Crippen molar-refractivity contribution in [3.8, 4) is 0 Å². The van der Waals surface area contributed by atoms with Crippen LogP contribution < -0.4 is 5.32 Å². The van der Waals surface area contributed by atoms with Gasteiger partial charge in [-0.15, -0.1) is 0 Å². The van der Waals surface area contributed by atoms with Crippen molar-refractivity contribution in [3.05, 3.63) is 0 Å². The molecule has 4 atom stereocenters. The SMILES string of the molecule is OCC12CCNC1CN1CCC2C1. The Labute approximate surface area is 79.1 Å². The van der Waals surface area contributed by atoms with Crippen LogP contribution in [-0.2, 0) is 0 Å². The van der Waals surface area contributed by atoms with Gasteiger partial charge in [-0.2, -0.15) is 0 Å².